The summed E-state index contributed by atoms with van der Waals surface area (Å²) >= 11 is 5.92. The Kier molecular flexibility index (Phi) is 4.02. The topological polar surface area (TPSA) is 25.4 Å². The minimum absolute atomic E-state index is 0.511. The van der Waals surface area contributed by atoms with Crippen LogP contribution in [0.1, 0.15) is 18.4 Å². The van der Waals surface area contributed by atoms with Crippen LogP contribution in [0.5, 0.6) is 0 Å². The van der Waals surface area contributed by atoms with Crippen LogP contribution in [0.2, 0.25) is 0 Å². The summed E-state index contributed by atoms with van der Waals surface area (Å²) in [5.74, 6) is 0.511. The summed E-state index contributed by atoms with van der Waals surface area (Å²) in [6, 6.07) is 2.59. The van der Waals surface area contributed by atoms with Crippen molar-refractivity contribution in [1.29, 1.82) is 0 Å². The minimum atomic E-state index is 0.511. The quantitative estimate of drug-likeness (QED) is 0.759. The fourth-order valence-electron chi connectivity index (χ4n) is 2.14. The summed E-state index contributed by atoms with van der Waals surface area (Å²) in [4.78, 5) is 6.42. The van der Waals surface area contributed by atoms with Gasteiger partial charge in [0, 0.05) is 49.9 Å². The molecule has 1 aromatic rings. The van der Waals surface area contributed by atoms with Crippen LogP contribution in [0.25, 0.3) is 0 Å². The fraction of sp³-hybridized carbons (Fsp3) is 0.583. The van der Waals surface area contributed by atoms with Crippen LogP contribution in [-0.4, -0.2) is 31.3 Å². The molecule has 16 heavy (non-hydrogen) atoms. The SMILES string of the molecule is CN(c1ccncc1CCl)C1CCOCC1. The van der Waals surface area contributed by atoms with Crippen LogP contribution in [0.3, 0.4) is 0 Å². The van der Waals surface area contributed by atoms with Crippen molar-refractivity contribution in [3.63, 3.8) is 0 Å². The molecule has 0 atom stereocenters. The summed E-state index contributed by atoms with van der Waals surface area (Å²) in [5, 5.41) is 0. The number of hydrogen-bond acceptors (Lipinski definition) is 3. The first-order valence-electron chi connectivity index (χ1n) is 5.62. The highest BCUT2D eigenvalue weighted by Crippen LogP contribution is 2.25. The van der Waals surface area contributed by atoms with E-state index < -0.39 is 0 Å². The largest absolute Gasteiger partial charge is 0.381 e. The van der Waals surface area contributed by atoms with Crippen LogP contribution >= 0.6 is 11.6 Å². The maximum absolute atomic E-state index is 5.92. The average molecular weight is 241 g/mol. The molecule has 1 aromatic heterocycles. The standard InChI is InChI=1S/C12H17ClN2O/c1-15(11-3-6-16-7-4-11)12-2-5-14-9-10(12)8-13/h2,5,9,11H,3-4,6-8H2,1H3. The van der Waals surface area contributed by atoms with Gasteiger partial charge >= 0.3 is 0 Å². The molecule has 3 nitrogen and oxygen atoms in total. The minimum Gasteiger partial charge on any atom is -0.381 e. The third-order valence-corrected chi connectivity index (χ3v) is 3.43. The zero-order chi connectivity index (χ0) is 11.4. The molecular formula is C12H17ClN2O. The van der Waals surface area contributed by atoms with Crippen LogP contribution in [0.15, 0.2) is 18.5 Å². The molecule has 0 amide bonds. The van der Waals surface area contributed by atoms with Gasteiger partial charge in [-0.05, 0) is 18.9 Å². The average Bonchev–Trinajstić information content (AvgIpc) is 2.39. The van der Waals surface area contributed by atoms with Crippen LogP contribution in [0.4, 0.5) is 5.69 Å². The predicted octanol–water partition coefficient (Wildman–Crippen LogP) is 2.44. The molecule has 1 aliphatic heterocycles. The van der Waals surface area contributed by atoms with Crippen LogP contribution in [0, 0.1) is 0 Å². The van der Waals surface area contributed by atoms with E-state index in [2.05, 4.69) is 16.9 Å². The van der Waals surface area contributed by atoms with Gasteiger partial charge in [-0.25, -0.2) is 0 Å². The molecule has 0 saturated carbocycles. The third-order valence-electron chi connectivity index (χ3n) is 3.14. The van der Waals surface area contributed by atoms with E-state index in [4.69, 9.17) is 16.3 Å². The van der Waals surface area contributed by atoms with Crippen molar-refractivity contribution in [2.24, 2.45) is 0 Å². The molecule has 0 radical (unpaired) electrons. The van der Waals surface area contributed by atoms with Gasteiger partial charge in [-0.2, -0.15) is 0 Å². The molecule has 4 heteroatoms. The van der Waals surface area contributed by atoms with Gasteiger partial charge < -0.3 is 9.64 Å². The Morgan fingerprint density at radius 1 is 1.50 bits per heavy atom. The maximum atomic E-state index is 5.92. The van der Waals surface area contributed by atoms with E-state index in [0.29, 0.717) is 11.9 Å². The molecule has 0 unspecified atom stereocenters. The summed E-state index contributed by atoms with van der Waals surface area (Å²) in [6.45, 7) is 1.71. The smallest absolute Gasteiger partial charge is 0.0509 e. The lowest BCUT2D eigenvalue weighted by atomic mass is 10.1. The van der Waals surface area contributed by atoms with Crippen LogP contribution < -0.4 is 4.90 Å². The lowest BCUT2D eigenvalue weighted by molar-refractivity contribution is 0.0854. The van der Waals surface area contributed by atoms with Gasteiger partial charge in [-0.1, -0.05) is 0 Å². The Morgan fingerprint density at radius 2 is 2.25 bits per heavy atom. The molecule has 0 spiro atoms. The number of aromatic nitrogens is 1. The number of rotatable bonds is 3. The lowest BCUT2D eigenvalue weighted by Crippen LogP contribution is -2.37. The first-order chi connectivity index (χ1) is 7.83. The van der Waals surface area contributed by atoms with E-state index in [1.54, 1.807) is 0 Å². The molecule has 1 fully saturated rings. The number of ether oxygens (including phenoxy) is 1. The van der Waals surface area contributed by atoms with Crippen molar-refractivity contribution in [3.05, 3.63) is 24.0 Å². The molecule has 0 aliphatic carbocycles. The Bertz CT molecular complexity index is 340. The first kappa shape index (κ1) is 11.7. The van der Waals surface area contributed by atoms with E-state index >= 15 is 0 Å². The van der Waals surface area contributed by atoms with Crippen molar-refractivity contribution in [1.82, 2.24) is 4.98 Å². The molecule has 0 bridgehead atoms. The van der Waals surface area contributed by atoms with Gasteiger partial charge in [0.2, 0.25) is 0 Å². The molecule has 88 valence electrons. The van der Waals surface area contributed by atoms with Gasteiger partial charge in [-0.15, -0.1) is 11.6 Å². The summed E-state index contributed by atoms with van der Waals surface area (Å²) < 4.78 is 5.38. The van der Waals surface area contributed by atoms with E-state index in [0.717, 1.165) is 31.6 Å². The Balaban J connectivity index is 2.15. The number of hydrogen-bond donors (Lipinski definition) is 0. The highest BCUT2D eigenvalue weighted by molar-refractivity contribution is 6.17. The molecule has 0 aromatic carbocycles. The number of pyridine rings is 1. The number of alkyl halides is 1. The maximum Gasteiger partial charge on any atom is 0.0509 e. The summed E-state index contributed by atoms with van der Waals surface area (Å²) in [7, 11) is 2.13. The third kappa shape index (κ3) is 2.47. The first-order valence-corrected chi connectivity index (χ1v) is 6.16. The van der Waals surface area contributed by atoms with E-state index in [1.807, 2.05) is 18.5 Å². The van der Waals surface area contributed by atoms with E-state index in [-0.39, 0.29) is 0 Å². The summed E-state index contributed by atoms with van der Waals surface area (Å²) in [5.41, 5.74) is 2.29. The van der Waals surface area contributed by atoms with Gasteiger partial charge in [-0.3, -0.25) is 4.98 Å². The number of halogens is 1. The molecular weight excluding hydrogens is 224 g/mol. The van der Waals surface area contributed by atoms with Crippen molar-refractivity contribution in [2.45, 2.75) is 24.8 Å². The molecule has 0 N–H and O–H groups in total. The Morgan fingerprint density at radius 3 is 2.94 bits per heavy atom. The Hall–Kier alpha value is -0.800. The van der Waals surface area contributed by atoms with Gasteiger partial charge in [0.05, 0.1) is 5.88 Å². The molecule has 1 aliphatic rings. The second-order valence-corrected chi connectivity index (χ2v) is 4.36. The highest BCUT2D eigenvalue weighted by atomic mass is 35.5. The lowest BCUT2D eigenvalue weighted by Gasteiger charge is -2.33. The second-order valence-electron chi connectivity index (χ2n) is 4.09. The van der Waals surface area contributed by atoms with Crippen molar-refractivity contribution < 1.29 is 4.74 Å². The van der Waals surface area contributed by atoms with Gasteiger partial charge in [0.25, 0.3) is 0 Å². The van der Waals surface area contributed by atoms with Crippen LogP contribution in [-0.2, 0) is 10.6 Å². The van der Waals surface area contributed by atoms with E-state index in [9.17, 15) is 0 Å². The fourth-order valence-corrected chi connectivity index (χ4v) is 2.34. The molecule has 2 heterocycles. The van der Waals surface area contributed by atoms with Crippen molar-refractivity contribution >= 4 is 17.3 Å². The zero-order valence-electron chi connectivity index (χ0n) is 9.53. The van der Waals surface area contributed by atoms with Crippen molar-refractivity contribution in [3.8, 4) is 0 Å². The number of nitrogens with zero attached hydrogens (tertiary/aromatic N) is 2. The van der Waals surface area contributed by atoms with Gasteiger partial charge in [0.15, 0.2) is 0 Å². The van der Waals surface area contributed by atoms with Crippen molar-refractivity contribution in [2.75, 3.05) is 25.2 Å². The normalized spacial score (nSPS) is 17.4. The Labute approximate surface area is 101 Å². The van der Waals surface area contributed by atoms with Gasteiger partial charge in [0.1, 0.15) is 0 Å². The molecule has 1 saturated heterocycles. The summed E-state index contributed by atoms with van der Waals surface area (Å²) in [6.07, 6.45) is 5.83. The van der Waals surface area contributed by atoms with E-state index in [1.165, 1.54) is 5.69 Å². The monoisotopic (exact) mass is 240 g/mol. The molecule has 2 rings (SSSR count). The zero-order valence-corrected chi connectivity index (χ0v) is 10.3. The second kappa shape index (κ2) is 5.51. The predicted molar refractivity (Wildman–Crippen MR) is 66.0 cm³/mol. The highest BCUT2D eigenvalue weighted by Gasteiger charge is 2.20. The number of anilines is 1.